The SMILES string of the molecule is COc1cc(C(O)O)ncc1OCc1ccccc1F. The molecule has 1 aromatic heterocycles. The van der Waals surface area contributed by atoms with E-state index in [4.69, 9.17) is 19.7 Å². The zero-order valence-corrected chi connectivity index (χ0v) is 10.8. The number of ether oxygens (including phenoxy) is 2. The zero-order chi connectivity index (χ0) is 14.5. The second-order valence-corrected chi connectivity index (χ2v) is 4.01. The van der Waals surface area contributed by atoms with Crippen molar-refractivity contribution in [3.05, 3.63) is 53.6 Å². The molecule has 2 N–H and O–H groups in total. The predicted octanol–water partition coefficient (Wildman–Crippen LogP) is 1.79. The number of halogens is 1. The highest BCUT2D eigenvalue weighted by molar-refractivity contribution is 5.39. The van der Waals surface area contributed by atoms with E-state index in [1.807, 2.05) is 0 Å². The van der Waals surface area contributed by atoms with Gasteiger partial charge in [0, 0.05) is 11.6 Å². The monoisotopic (exact) mass is 279 g/mol. The number of rotatable bonds is 5. The van der Waals surface area contributed by atoms with Crippen molar-refractivity contribution in [1.82, 2.24) is 4.98 Å². The van der Waals surface area contributed by atoms with Gasteiger partial charge in [-0.1, -0.05) is 18.2 Å². The number of aromatic nitrogens is 1. The van der Waals surface area contributed by atoms with Crippen molar-refractivity contribution in [1.29, 1.82) is 0 Å². The Bertz CT molecular complexity index is 589. The Morgan fingerprint density at radius 3 is 2.65 bits per heavy atom. The van der Waals surface area contributed by atoms with Gasteiger partial charge < -0.3 is 19.7 Å². The van der Waals surface area contributed by atoms with Crippen molar-refractivity contribution in [3.63, 3.8) is 0 Å². The molecule has 0 atom stereocenters. The van der Waals surface area contributed by atoms with Crippen LogP contribution in [0.25, 0.3) is 0 Å². The molecule has 0 radical (unpaired) electrons. The molecule has 0 amide bonds. The molecule has 1 heterocycles. The van der Waals surface area contributed by atoms with E-state index in [1.165, 1.54) is 25.4 Å². The summed E-state index contributed by atoms with van der Waals surface area (Å²) >= 11 is 0. The lowest BCUT2D eigenvalue weighted by Gasteiger charge is -2.12. The second-order valence-electron chi connectivity index (χ2n) is 4.01. The van der Waals surface area contributed by atoms with Gasteiger partial charge in [0.1, 0.15) is 12.4 Å². The Kier molecular flexibility index (Phi) is 4.49. The molecule has 0 aliphatic carbocycles. The average molecular weight is 279 g/mol. The molecule has 106 valence electrons. The lowest BCUT2D eigenvalue weighted by Crippen LogP contribution is -2.03. The van der Waals surface area contributed by atoms with Crippen LogP contribution in [0.2, 0.25) is 0 Å². The van der Waals surface area contributed by atoms with Gasteiger partial charge in [-0.05, 0) is 6.07 Å². The van der Waals surface area contributed by atoms with E-state index < -0.39 is 6.29 Å². The van der Waals surface area contributed by atoms with Gasteiger partial charge in [-0.2, -0.15) is 0 Å². The first-order chi connectivity index (χ1) is 9.61. The number of nitrogens with zero attached hydrogens (tertiary/aromatic N) is 1. The molecule has 0 saturated heterocycles. The van der Waals surface area contributed by atoms with E-state index in [0.29, 0.717) is 17.1 Å². The van der Waals surface area contributed by atoms with Gasteiger partial charge in [-0.25, -0.2) is 4.39 Å². The highest BCUT2D eigenvalue weighted by atomic mass is 19.1. The van der Waals surface area contributed by atoms with Crippen LogP contribution in [-0.2, 0) is 6.61 Å². The summed E-state index contributed by atoms with van der Waals surface area (Å²) in [4.78, 5) is 3.82. The van der Waals surface area contributed by atoms with E-state index >= 15 is 0 Å². The number of hydrogen-bond donors (Lipinski definition) is 2. The topological polar surface area (TPSA) is 71.8 Å². The minimum absolute atomic E-state index is 0.0196. The molecular weight excluding hydrogens is 265 g/mol. The molecule has 0 spiro atoms. The zero-order valence-electron chi connectivity index (χ0n) is 10.8. The maximum Gasteiger partial charge on any atom is 0.196 e. The summed E-state index contributed by atoms with van der Waals surface area (Å²) in [6.07, 6.45) is -0.390. The molecule has 0 saturated carbocycles. The average Bonchev–Trinajstić information content (AvgIpc) is 2.46. The summed E-state index contributed by atoms with van der Waals surface area (Å²) in [5.41, 5.74) is 0.445. The summed E-state index contributed by atoms with van der Waals surface area (Å²) in [6, 6.07) is 7.61. The van der Waals surface area contributed by atoms with Crippen LogP contribution in [0.3, 0.4) is 0 Å². The third-order valence-electron chi connectivity index (χ3n) is 2.68. The fraction of sp³-hybridized carbons (Fsp3) is 0.214. The molecule has 0 aliphatic heterocycles. The summed E-state index contributed by atoms with van der Waals surface area (Å²) in [5.74, 6) is 0.224. The minimum Gasteiger partial charge on any atom is -0.493 e. The normalized spacial score (nSPS) is 10.7. The van der Waals surface area contributed by atoms with Gasteiger partial charge in [-0.3, -0.25) is 4.98 Å². The number of methoxy groups -OCH3 is 1. The number of pyridine rings is 1. The fourth-order valence-electron chi connectivity index (χ4n) is 1.62. The van der Waals surface area contributed by atoms with E-state index in [1.54, 1.807) is 18.2 Å². The van der Waals surface area contributed by atoms with Gasteiger partial charge in [0.05, 0.1) is 19.0 Å². The van der Waals surface area contributed by atoms with Crippen LogP contribution in [0, 0.1) is 5.82 Å². The van der Waals surface area contributed by atoms with Crippen LogP contribution in [0.5, 0.6) is 11.5 Å². The number of aliphatic hydroxyl groups excluding tert-OH is 1. The third-order valence-corrected chi connectivity index (χ3v) is 2.68. The predicted molar refractivity (Wildman–Crippen MR) is 68.7 cm³/mol. The fourth-order valence-corrected chi connectivity index (χ4v) is 1.62. The second kappa shape index (κ2) is 6.31. The van der Waals surface area contributed by atoms with Gasteiger partial charge in [0.25, 0.3) is 0 Å². The molecule has 0 aliphatic rings. The lowest BCUT2D eigenvalue weighted by atomic mass is 10.2. The standard InChI is InChI=1S/C14H14FNO4/c1-19-12-6-11(14(17)18)16-7-13(12)20-8-9-4-2-3-5-10(9)15/h2-7,14,17-18H,8H2,1H3. The quantitative estimate of drug-likeness (QED) is 0.816. The minimum atomic E-state index is -1.69. The Balaban J connectivity index is 2.15. The lowest BCUT2D eigenvalue weighted by molar-refractivity contribution is -0.0460. The smallest absolute Gasteiger partial charge is 0.196 e. The summed E-state index contributed by atoms with van der Waals surface area (Å²) in [7, 11) is 1.42. The van der Waals surface area contributed by atoms with E-state index in [-0.39, 0.29) is 18.1 Å². The summed E-state index contributed by atoms with van der Waals surface area (Å²) in [6.45, 7) is 0.0196. The Morgan fingerprint density at radius 2 is 2.00 bits per heavy atom. The van der Waals surface area contributed by atoms with Crippen molar-refractivity contribution in [2.45, 2.75) is 12.9 Å². The summed E-state index contributed by atoms with van der Waals surface area (Å²) in [5, 5.41) is 18.1. The van der Waals surface area contributed by atoms with Crippen LogP contribution in [0.4, 0.5) is 4.39 Å². The molecule has 2 rings (SSSR count). The number of hydrogen-bond acceptors (Lipinski definition) is 5. The molecular formula is C14H14FNO4. The largest absolute Gasteiger partial charge is 0.493 e. The molecule has 2 aromatic rings. The van der Waals surface area contributed by atoms with Crippen LogP contribution in [-0.4, -0.2) is 22.3 Å². The van der Waals surface area contributed by atoms with Crippen molar-refractivity contribution in [2.24, 2.45) is 0 Å². The maximum atomic E-state index is 13.5. The molecule has 6 heteroatoms. The molecule has 20 heavy (non-hydrogen) atoms. The maximum absolute atomic E-state index is 13.5. The van der Waals surface area contributed by atoms with E-state index in [2.05, 4.69) is 4.98 Å². The van der Waals surface area contributed by atoms with Gasteiger partial charge >= 0.3 is 0 Å². The van der Waals surface area contributed by atoms with Gasteiger partial charge in [-0.15, -0.1) is 0 Å². The van der Waals surface area contributed by atoms with Crippen LogP contribution >= 0.6 is 0 Å². The highest BCUT2D eigenvalue weighted by Gasteiger charge is 2.12. The van der Waals surface area contributed by atoms with Crippen molar-refractivity contribution in [3.8, 4) is 11.5 Å². The number of aliphatic hydroxyl groups is 2. The molecule has 0 fully saturated rings. The van der Waals surface area contributed by atoms with E-state index in [9.17, 15) is 4.39 Å². The van der Waals surface area contributed by atoms with Crippen molar-refractivity contribution >= 4 is 0 Å². The van der Waals surface area contributed by atoms with Gasteiger partial charge in [0.2, 0.25) is 0 Å². The van der Waals surface area contributed by atoms with E-state index in [0.717, 1.165) is 0 Å². The highest BCUT2D eigenvalue weighted by Crippen LogP contribution is 2.28. The van der Waals surface area contributed by atoms with Crippen molar-refractivity contribution in [2.75, 3.05) is 7.11 Å². The Labute approximate surface area is 115 Å². The van der Waals surface area contributed by atoms with Crippen LogP contribution < -0.4 is 9.47 Å². The first-order valence-electron chi connectivity index (χ1n) is 5.88. The first-order valence-corrected chi connectivity index (χ1v) is 5.88. The molecule has 1 aromatic carbocycles. The molecule has 0 bridgehead atoms. The first kappa shape index (κ1) is 14.2. The third kappa shape index (κ3) is 3.23. The van der Waals surface area contributed by atoms with Crippen LogP contribution in [0.1, 0.15) is 17.5 Å². The number of benzene rings is 1. The Hall–Kier alpha value is -2.18. The van der Waals surface area contributed by atoms with Gasteiger partial charge in [0.15, 0.2) is 17.8 Å². The van der Waals surface area contributed by atoms with Crippen LogP contribution in [0.15, 0.2) is 36.5 Å². The molecule has 0 unspecified atom stereocenters. The van der Waals surface area contributed by atoms with Crippen molar-refractivity contribution < 1.29 is 24.1 Å². The summed E-state index contributed by atoms with van der Waals surface area (Å²) < 4.78 is 24.0. The Morgan fingerprint density at radius 1 is 1.25 bits per heavy atom. The molecule has 5 nitrogen and oxygen atoms in total.